The number of hydrazine groups is 1. The van der Waals surface area contributed by atoms with Gasteiger partial charge in [0, 0.05) is 12.1 Å². The van der Waals surface area contributed by atoms with Gasteiger partial charge in [0.1, 0.15) is 18.0 Å². The first-order chi connectivity index (χ1) is 7.83. The van der Waals surface area contributed by atoms with Crippen LogP contribution in [0.15, 0.2) is 6.33 Å². The molecule has 0 saturated carbocycles. The van der Waals surface area contributed by atoms with Gasteiger partial charge in [-0.25, -0.2) is 15.8 Å². The van der Waals surface area contributed by atoms with Crippen LogP contribution in [0.25, 0.3) is 0 Å². The Morgan fingerprint density at radius 3 is 2.56 bits per heavy atom. The van der Waals surface area contributed by atoms with Gasteiger partial charge in [-0.2, -0.15) is 0 Å². The average molecular weight is 223 g/mol. The fourth-order valence-corrected chi connectivity index (χ4v) is 1.61. The quantitative estimate of drug-likeness (QED) is 0.374. The lowest BCUT2D eigenvalue weighted by Crippen LogP contribution is -2.14. The predicted octanol–water partition coefficient (Wildman–Crippen LogP) is 1.93. The van der Waals surface area contributed by atoms with Crippen LogP contribution < -0.4 is 16.6 Å². The van der Waals surface area contributed by atoms with Crippen molar-refractivity contribution in [3.8, 4) is 0 Å². The number of rotatable bonds is 7. The third-order valence-electron chi connectivity index (χ3n) is 2.51. The molecule has 0 radical (unpaired) electrons. The highest BCUT2D eigenvalue weighted by atomic mass is 15.3. The summed E-state index contributed by atoms with van der Waals surface area (Å²) in [4.78, 5) is 8.32. The second kappa shape index (κ2) is 7.00. The van der Waals surface area contributed by atoms with Crippen LogP contribution in [-0.2, 0) is 6.42 Å². The van der Waals surface area contributed by atoms with Crippen molar-refractivity contribution in [2.45, 2.75) is 39.5 Å². The first kappa shape index (κ1) is 12.7. The molecule has 0 saturated heterocycles. The van der Waals surface area contributed by atoms with Gasteiger partial charge < -0.3 is 10.7 Å². The Morgan fingerprint density at radius 1 is 1.19 bits per heavy atom. The van der Waals surface area contributed by atoms with Gasteiger partial charge in [-0.1, -0.05) is 26.7 Å². The molecule has 0 fully saturated rings. The molecule has 1 heterocycles. The molecular weight excluding hydrogens is 202 g/mol. The lowest BCUT2D eigenvalue weighted by molar-refractivity contribution is 0.741. The predicted molar refractivity (Wildman–Crippen MR) is 67.2 cm³/mol. The number of nitrogens with one attached hydrogen (secondary N) is 2. The molecule has 1 aromatic rings. The van der Waals surface area contributed by atoms with Gasteiger partial charge in [0.2, 0.25) is 0 Å². The molecule has 5 nitrogen and oxygen atoms in total. The molecule has 0 unspecified atom stereocenters. The van der Waals surface area contributed by atoms with E-state index in [2.05, 4.69) is 34.6 Å². The summed E-state index contributed by atoms with van der Waals surface area (Å²) in [5.74, 6) is 7.00. The molecule has 90 valence electrons. The van der Waals surface area contributed by atoms with E-state index in [1.54, 1.807) is 0 Å². The van der Waals surface area contributed by atoms with Crippen molar-refractivity contribution in [1.82, 2.24) is 9.97 Å². The van der Waals surface area contributed by atoms with Crippen molar-refractivity contribution in [1.29, 1.82) is 0 Å². The van der Waals surface area contributed by atoms with E-state index in [4.69, 9.17) is 5.84 Å². The monoisotopic (exact) mass is 223 g/mol. The van der Waals surface area contributed by atoms with Crippen molar-refractivity contribution in [2.24, 2.45) is 5.84 Å². The minimum Gasteiger partial charge on any atom is -0.370 e. The maximum Gasteiger partial charge on any atom is 0.148 e. The lowest BCUT2D eigenvalue weighted by Gasteiger charge is -2.12. The van der Waals surface area contributed by atoms with E-state index < -0.39 is 0 Å². The largest absolute Gasteiger partial charge is 0.370 e. The van der Waals surface area contributed by atoms with Crippen molar-refractivity contribution < 1.29 is 0 Å². The zero-order valence-corrected chi connectivity index (χ0v) is 10.1. The molecule has 0 spiro atoms. The standard InChI is InChI=1S/C11H21N5/c1-3-5-6-7-13-10-9(4-2)11(16-12)15-8-14-10/h8H,3-7,12H2,1-2H3,(H2,13,14,15,16). The van der Waals surface area contributed by atoms with Crippen molar-refractivity contribution >= 4 is 11.6 Å². The summed E-state index contributed by atoms with van der Waals surface area (Å²) >= 11 is 0. The number of nitrogens with two attached hydrogens (primary N) is 1. The van der Waals surface area contributed by atoms with Gasteiger partial charge in [0.15, 0.2) is 0 Å². The molecular formula is C11H21N5. The molecule has 0 aliphatic carbocycles. The van der Waals surface area contributed by atoms with E-state index in [1.807, 2.05) is 0 Å². The number of nitrogen functional groups attached to an aromatic ring is 1. The Hall–Kier alpha value is -1.36. The van der Waals surface area contributed by atoms with Gasteiger partial charge in [-0.15, -0.1) is 0 Å². The van der Waals surface area contributed by atoms with Crippen molar-refractivity contribution in [3.05, 3.63) is 11.9 Å². The summed E-state index contributed by atoms with van der Waals surface area (Å²) in [7, 11) is 0. The van der Waals surface area contributed by atoms with E-state index in [0.717, 1.165) is 30.8 Å². The Bertz CT molecular complexity index is 313. The number of hydrogen-bond acceptors (Lipinski definition) is 5. The first-order valence-corrected chi connectivity index (χ1v) is 5.87. The topological polar surface area (TPSA) is 75.9 Å². The summed E-state index contributed by atoms with van der Waals surface area (Å²) in [6.07, 6.45) is 6.01. The first-order valence-electron chi connectivity index (χ1n) is 5.87. The van der Waals surface area contributed by atoms with E-state index >= 15 is 0 Å². The Balaban J connectivity index is 2.63. The zero-order chi connectivity index (χ0) is 11.8. The van der Waals surface area contributed by atoms with Crippen LogP contribution in [0, 0.1) is 0 Å². The van der Waals surface area contributed by atoms with E-state index in [1.165, 1.54) is 19.2 Å². The molecule has 0 aliphatic heterocycles. The van der Waals surface area contributed by atoms with Crippen LogP contribution in [0.2, 0.25) is 0 Å². The molecule has 1 rings (SSSR count). The van der Waals surface area contributed by atoms with Crippen LogP contribution in [0.5, 0.6) is 0 Å². The molecule has 1 aromatic heterocycles. The Kier molecular flexibility index (Phi) is 5.56. The fraction of sp³-hybridized carbons (Fsp3) is 0.636. The third kappa shape index (κ3) is 3.34. The van der Waals surface area contributed by atoms with Crippen LogP contribution >= 0.6 is 0 Å². The summed E-state index contributed by atoms with van der Waals surface area (Å²) < 4.78 is 0. The molecule has 5 heteroatoms. The fourth-order valence-electron chi connectivity index (χ4n) is 1.61. The van der Waals surface area contributed by atoms with Gasteiger partial charge in [0.25, 0.3) is 0 Å². The van der Waals surface area contributed by atoms with Gasteiger partial charge >= 0.3 is 0 Å². The van der Waals surface area contributed by atoms with Crippen LogP contribution in [-0.4, -0.2) is 16.5 Å². The van der Waals surface area contributed by atoms with Crippen molar-refractivity contribution in [3.63, 3.8) is 0 Å². The zero-order valence-electron chi connectivity index (χ0n) is 10.1. The third-order valence-corrected chi connectivity index (χ3v) is 2.51. The van der Waals surface area contributed by atoms with E-state index in [9.17, 15) is 0 Å². The summed E-state index contributed by atoms with van der Waals surface area (Å²) in [6.45, 7) is 5.21. The number of aromatic nitrogens is 2. The van der Waals surface area contributed by atoms with E-state index in [-0.39, 0.29) is 0 Å². The highest BCUT2D eigenvalue weighted by Crippen LogP contribution is 2.19. The van der Waals surface area contributed by atoms with Crippen LogP contribution in [0.4, 0.5) is 11.6 Å². The highest BCUT2D eigenvalue weighted by molar-refractivity contribution is 5.56. The molecule has 0 bridgehead atoms. The number of hydrogen-bond donors (Lipinski definition) is 3. The SMILES string of the molecule is CCCCCNc1ncnc(NN)c1CC. The van der Waals surface area contributed by atoms with Crippen molar-refractivity contribution in [2.75, 3.05) is 17.3 Å². The van der Waals surface area contributed by atoms with Gasteiger partial charge in [0.05, 0.1) is 0 Å². The van der Waals surface area contributed by atoms with Crippen LogP contribution in [0.1, 0.15) is 38.7 Å². The molecule has 16 heavy (non-hydrogen) atoms. The second-order valence-electron chi connectivity index (χ2n) is 3.68. The normalized spacial score (nSPS) is 10.2. The maximum atomic E-state index is 5.40. The molecule has 4 N–H and O–H groups in total. The Morgan fingerprint density at radius 2 is 1.94 bits per heavy atom. The molecule has 0 atom stereocenters. The lowest BCUT2D eigenvalue weighted by atomic mass is 10.2. The molecule has 0 aromatic carbocycles. The summed E-state index contributed by atoms with van der Waals surface area (Å²) in [5, 5.41) is 3.33. The summed E-state index contributed by atoms with van der Waals surface area (Å²) in [6, 6.07) is 0. The van der Waals surface area contributed by atoms with Gasteiger partial charge in [-0.05, 0) is 12.8 Å². The van der Waals surface area contributed by atoms with Crippen LogP contribution in [0.3, 0.4) is 0 Å². The minimum atomic E-state index is 0.704. The summed E-state index contributed by atoms with van der Waals surface area (Å²) in [5.41, 5.74) is 3.64. The number of anilines is 2. The Labute approximate surface area is 96.8 Å². The maximum absolute atomic E-state index is 5.40. The highest BCUT2D eigenvalue weighted by Gasteiger charge is 2.07. The molecule has 0 amide bonds. The second-order valence-corrected chi connectivity index (χ2v) is 3.68. The number of nitrogens with zero attached hydrogens (tertiary/aromatic N) is 2. The minimum absolute atomic E-state index is 0.704. The van der Waals surface area contributed by atoms with E-state index in [0.29, 0.717) is 5.82 Å². The van der Waals surface area contributed by atoms with Gasteiger partial charge in [-0.3, -0.25) is 0 Å². The molecule has 0 aliphatic rings. The average Bonchev–Trinajstić information content (AvgIpc) is 2.34. The number of unbranched alkanes of at least 4 members (excludes halogenated alkanes) is 2. The smallest absolute Gasteiger partial charge is 0.148 e.